The van der Waals surface area contributed by atoms with Crippen molar-refractivity contribution in [3.05, 3.63) is 53.1 Å². The molecular formula is C17H17F3N4O2. The quantitative estimate of drug-likeness (QED) is 0.871. The molecule has 26 heavy (non-hydrogen) atoms. The number of carbonyl (C=O) groups excluding carboxylic acids is 2. The summed E-state index contributed by atoms with van der Waals surface area (Å²) in [5, 5.41) is 2.71. The van der Waals surface area contributed by atoms with Crippen molar-refractivity contribution in [3.8, 4) is 0 Å². The third kappa shape index (κ3) is 3.71. The topological polar surface area (TPSA) is 78.1 Å². The first-order valence-corrected chi connectivity index (χ1v) is 7.99. The fourth-order valence-electron chi connectivity index (χ4n) is 3.00. The third-order valence-electron chi connectivity index (χ3n) is 4.28. The van der Waals surface area contributed by atoms with E-state index in [1.165, 1.54) is 29.4 Å². The van der Waals surface area contributed by atoms with E-state index in [4.69, 9.17) is 0 Å². The number of aromatic nitrogens is 2. The van der Waals surface area contributed by atoms with Gasteiger partial charge < -0.3 is 15.2 Å². The Hall–Kier alpha value is -2.84. The molecule has 0 saturated carbocycles. The van der Waals surface area contributed by atoms with Crippen LogP contribution >= 0.6 is 0 Å². The van der Waals surface area contributed by atoms with Crippen LogP contribution in [0.25, 0.3) is 0 Å². The Balaban J connectivity index is 1.68. The number of carbonyl (C=O) groups is 2. The number of amides is 2. The summed E-state index contributed by atoms with van der Waals surface area (Å²) < 4.78 is 39.3. The first kappa shape index (κ1) is 18.0. The summed E-state index contributed by atoms with van der Waals surface area (Å²) in [4.78, 5) is 32.4. The highest BCUT2D eigenvalue weighted by molar-refractivity contribution is 5.94. The lowest BCUT2D eigenvalue weighted by atomic mass is 10.1. The molecule has 138 valence electrons. The van der Waals surface area contributed by atoms with E-state index in [1.54, 1.807) is 6.92 Å². The second-order valence-electron chi connectivity index (χ2n) is 6.18. The van der Waals surface area contributed by atoms with Gasteiger partial charge in [0.05, 0.1) is 17.9 Å². The number of hydrogen-bond acceptors (Lipinski definition) is 3. The van der Waals surface area contributed by atoms with Gasteiger partial charge in [0, 0.05) is 25.2 Å². The van der Waals surface area contributed by atoms with Crippen LogP contribution < -0.4 is 5.32 Å². The van der Waals surface area contributed by atoms with E-state index in [1.807, 2.05) is 0 Å². The van der Waals surface area contributed by atoms with Crippen LogP contribution in [0.2, 0.25) is 0 Å². The minimum Gasteiger partial charge on any atom is -0.348 e. The number of H-pyrrole nitrogens is 1. The molecule has 1 aliphatic rings. The molecular weight excluding hydrogens is 349 g/mol. The number of hydrogen-bond donors (Lipinski definition) is 2. The van der Waals surface area contributed by atoms with E-state index in [0.29, 0.717) is 5.69 Å². The SMILES string of the molecule is Cc1[nH]cnc1C(=O)N[C@H]1CC(=O)N(Cc2ccccc2C(F)(F)F)C1. The molecule has 1 atom stereocenters. The number of aryl methyl sites for hydroxylation is 1. The second-order valence-corrected chi connectivity index (χ2v) is 6.18. The van der Waals surface area contributed by atoms with Crippen LogP contribution in [-0.2, 0) is 17.5 Å². The smallest absolute Gasteiger partial charge is 0.348 e. The summed E-state index contributed by atoms with van der Waals surface area (Å²) >= 11 is 0. The number of alkyl halides is 3. The standard InChI is InChI=1S/C17H17F3N4O2/c1-10-15(22-9-21-10)16(26)23-12-6-14(25)24(8-12)7-11-4-2-3-5-13(11)17(18,19)20/h2-5,9,12H,6-8H2,1H3,(H,21,22)(H,23,26)/t12-/m0/s1. The molecule has 0 spiro atoms. The van der Waals surface area contributed by atoms with Crippen LogP contribution in [-0.4, -0.2) is 39.3 Å². The molecule has 1 saturated heterocycles. The van der Waals surface area contributed by atoms with Gasteiger partial charge in [-0.05, 0) is 18.6 Å². The van der Waals surface area contributed by atoms with Gasteiger partial charge in [-0.3, -0.25) is 9.59 Å². The van der Waals surface area contributed by atoms with Crippen molar-refractivity contribution in [2.24, 2.45) is 0 Å². The first-order chi connectivity index (χ1) is 12.3. The molecule has 1 aromatic heterocycles. The van der Waals surface area contributed by atoms with Crippen LogP contribution in [0.1, 0.15) is 33.7 Å². The highest BCUT2D eigenvalue weighted by Crippen LogP contribution is 2.32. The van der Waals surface area contributed by atoms with Crippen molar-refractivity contribution in [1.29, 1.82) is 0 Å². The molecule has 2 aromatic rings. The van der Waals surface area contributed by atoms with E-state index in [-0.39, 0.29) is 36.7 Å². The molecule has 1 aliphatic heterocycles. The van der Waals surface area contributed by atoms with E-state index in [9.17, 15) is 22.8 Å². The Morgan fingerprint density at radius 2 is 2.12 bits per heavy atom. The van der Waals surface area contributed by atoms with Gasteiger partial charge in [-0.2, -0.15) is 13.2 Å². The van der Waals surface area contributed by atoms with Gasteiger partial charge in [0.15, 0.2) is 0 Å². The Morgan fingerprint density at radius 1 is 1.38 bits per heavy atom. The average Bonchev–Trinajstić information content (AvgIpc) is 3.13. The van der Waals surface area contributed by atoms with Crippen LogP contribution in [0.4, 0.5) is 13.2 Å². The number of nitrogens with one attached hydrogen (secondary N) is 2. The Morgan fingerprint density at radius 3 is 2.77 bits per heavy atom. The molecule has 0 bridgehead atoms. The minimum atomic E-state index is -4.48. The van der Waals surface area contributed by atoms with Crippen LogP contribution in [0.5, 0.6) is 0 Å². The lowest BCUT2D eigenvalue weighted by Gasteiger charge is -2.20. The van der Waals surface area contributed by atoms with Gasteiger partial charge in [0.1, 0.15) is 5.69 Å². The zero-order chi connectivity index (χ0) is 18.9. The number of benzene rings is 1. The number of likely N-dealkylation sites (tertiary alicyclic amines) is 1. The van der Waals surface area contributed by atoms with Crippen molar-refractivity contribution < 1.29 is 22.8 Å². The van der Waals surface area contributed by atoms with E-state index < -0.39 is 23.7 Å². The number of aromatic amines is 1. The van der Waals surface area contributed by atoms with E-state index >= 15 is 0 Å². The zero-order valence-electron chi connectivity index (χ0n) is 13.9. The summed E-state index contributed by atoms with van der Waals surface area (Å²) in [5.41, 5.74) is 0.108. The van der Waals surface area contributed by atoms with E-state index in [2.05, 4.69) is 15.3 Å². The average molecular weight is 366 g/mol. The van der Waals surface area contributed by atoms with Crippen molar-refractivity contribution in [2.45, 2.75) is 32.1 Å². The second kappa shape index (κ2) is 6.81. The zero-order valence-corrected chi connectivity index (χ0v) is 13.9. The number of imidazole rings is 1. The molecule has 0 aliphatic carbocycles. The van der Waals surface area contributed by atoms with Crippen LogP contribution in [0, 0.1) is 6.92 Å². The highest BCUT2D eigenvalue weighted by Gasteiger charge is 2.36. The van der Waals surface area contributed by atoms with E-state index in [0.717, 1.165) is 6.07 Å². The van der Waals surface area contributed by atoms with Crippen LogP contribution in [0.3, 0.4) is 0 Å². The van der Waals surface area contributed by atoms with Gasteiger partial charge >= 0.3 is 6.18 Å². The Kier molecular flexibility index (Phi) is 4.71. The van der Waals surface area contributed by atoms with Gasteiger partial charge in [-0.25, -0.2) is 4.98 Å². The fourth-order valence-corrected chi connectivity index (χ4v) is 3.00. The van der Waals surface area contributed by atoms with Gasteiger partial charge in [-0.15, -0.1) is 0 Å². The molecule has 3 rings (SSSR count). The molecule has 0 radical (unpaired) electrons. The minimum absolute atomic E-state index is 0.0310. The maximum Gasteiger partial charge on any atom is 0.416 e. The summed E-state index contributed by atoms with van der Waals surface area (Å²) in [6.45, 7) is 1.70. The van der Waals surface area contributed by atoms with Crippen molar-refractivity contribution >= 4 is 11.8 Å². The molecule has 9 heteroatoms. The molecule has 6 nitrogen and oxygen atoms in total. The Bertz CT molecular complexity index is 831. The molecule has 2 N–H and O–H groups in total. The molecule has 2 amide bonds. The molecule has 1 fully saturated rings. The summed E-state index contributed by atoms with van der Waals surface area (Å²) in [7, 11) is 0. The molecule has 2 heterocycles. The third-order valence-corrected chi connectivity index (χ3v) is 4.28. The fraction of sp³-hybridized carbons (Fsp3) is 0.353. The maximum atomic E-state index is 13.1. The number of nitrogens with zero attached hydrogens (tertiary/aromatic N) is 2. The van der Waals surface area contributed by atoms with Gasteiger partial charge in [0.2, 0.25) is 5.91 Å². The Labute approximate surface area is 147 Å². The largest absolute Gasteiger partial charge is 0.416 e. The molecule has 0 unspecified atom stereocenters. The lowest BCUT2D eigenvalue weighted by molar-refractivity contribution is -0.139. The highest BCUT2D eigenvalue weighted by atomic mass is 19.4. The van der Waals surface area contributed by atoms with Crippen molar-refractivity contribution in [1.82, 2.24) is 20.2 Å². The summed E-state index contributed by atoms with van der Waals surface area (Å²) in [5.74, 6) is -0.717. The predicted octanol–water partition coefficient (Wildman–Crippen LogP) is 2.27. The van der Waals surface area contributed by atoms with Crippen LogP contribution in [0.15, 0.2) is 30.6 Å². The molecule has 1 aromatic carbocycles. The monoisotopic (exact) mass is 366 g/mol. The summed E-state index contributed by atoms with van der Waals surface area (Å²) in [6, 6.07) is 4.70. The summed E-state index contributed by atoms with van der Waals surface area (Å²) in [6.07, 6.45) is -3.04. The van der Waals surface area contributed by atoms with Gasteiger partial charge in [-0.1, -0.05) is 18.2 Å². The number of halogens is 3. The predicted molar refractivity (Wildman–Crippen MR) is 86.1 cm³/mol. The first-order valence-electron chi connectivity index (χ1n) is 7.99. The maximum absolute atomic E-state index is 13.1. The van der Waals surface area contributed by atoms with Crippen molar-refractivity contribution in [3.63, 3.8) is 0 Å². The lowest BCUT2D eigenvalue weighted by Crippen LogP contribution is -2.37. The van der Waals surface area contributed by atoms with Gasteiger partial charge in [0.25, 0.3) is 5.91 Å². The number of rotatable bonds is 4. The van der Waals surface area contributed by atoms with Crippen molar-refractivity contribution in [2.75, 3.05) is 6.54 Å². The normalized spacial score (nSPS) is 17.6.